The first-order chi connectivity index (χ1) is 22.2. The predicted molar refractivity (Wildman–Crippen MR) is 187 cm³/mol. The largest absolute Gasteiger partial charge is 0.357 e. The van der Waals surface area contributed by atoms with Crippen LogP contribution in [0.1, 0.15) is 77.3 Å². The van der Waals surface area contributed by atoms with Gasteiger partial charge in [-0.25, -0.2) is 0 Å². The molecule has 0 saturated carbocycles. The zero-order valence-electron chi connectivity index (χ0n) is 27.3. The molecule has 0 amide bonds. The molecule has 11 nitrogen and oxygen atoms in total. The fourth-order valence-corrected chi connectivity index (χ4v) is 8.32. The van der Waals surface area contributed by atoms with Crippen LogP contribution in [-0.2, 0) is 41.2 Å². The molecular weight excluding hydrogens is 700 g/mol. The van der Waals surface area contributed by atoms with Crippen molar-refractivity contribution in [2.45, 2.75) is 86.8 Å². The van der Waals surface area contributed by atoms with Crippen molar-refractivity contribution in [3.8, 4) is 0 Å². The molecule has 0 radical (unpaired) electrons. The van der Waals surface area contributed by atoms with E-state index in [1.165, 1.54) is 24.3 Å². The van der Waals surface area contributed by atoms with Crippen molar-refractivity contribution in [1.82, 2.24) is 0 Å². The third-order valence-corrected chi connectivity index (χ3v) is 11.8. The SMILES string of the molecule is CCCCCC1(C)C(/C=C/C=C/C=C2/Nc3c(Cl)cc(S(=O)(=O)O)cc3C2(C)C)=[N+](CCCCS(=O)(=O)O)c2ccc(S(=O)(=O)O)cc21. The molecular formula is C33H42ClN2O9S3+. The summed E-state index contributed by atoms with van der Waals surface area (Å²) in [4.78, 5) is -0.494. The van der Waals surface area contributed by atoms with E-state index in [0.717, 1.165) is 41.9 Å². The summed E-state index contributed by atoms with van der Waals surface area (Å²) in [5, 5.41) is 3.42. The van der Waals surface area contributed by atoms with Gasteiger partial charge in [-0.1, -0.05) is 69.9 Å². The molecule has 262 valence electrons. The van der Waals surface area contributed by atoms with Gasteiger partial charge in [-0.2, -0.15) is 29.8 Å². The van der Waals surface area contributed by atoms with Gasteiger partial charge in [0, 0.05) is 35.2 Å². The highest BCUT2D eigenvalue weighted by Gasteiger charge is 2.47. The van der Waals surface area contributed by atoms with Crippen molar-refractivity contribution in [2.24, 2.45) is 0 Å². The highest BCUT2D eigenvalue weighted by Crippen LogP contribution is 2.48. The van der Waals surface area contributed by atoms with Crippen LogP contribution in [0.25, 0.3) is 0 Å². The van der Waals surface area contributed by atoms with Crippen molar-refractivity contribution in [3.63, 3.8) is 0 Å². The maximum atomic E-state index is 12.1. The van der Waals surface area contributed by atoms with E-state index in [-0.39, 0.29) is 27.0 Å². The number of halogens is 1. The lowest BCUT2D eigenvalue weighted by Gasteiger charge is -2.22. The Morgan fingerprint density at radius 2 is 1.50 bits per heavy atom. The fraction of sp³-hybridized carbons (Fsp3) is 0.424. The molecule has 1 unspecified atom stereocenters. The zero-order chi connectivity index (χ0) is 35.7. The average Bonchev–Trinajstić information content (AvgIpc) is 3.36. The van der Waals surface area contributed by atoms with Gasteiger partial charge >= 0.3 is 0 Å². The molecule has 0 bridgehead atoms. The Morgan fingerprint density at radius 1 is 0.833 bits per heavy atom. The van der Waals surface area contributed by atoms with E-state index in [9.17, 15) is 38.9 Å². The number of hydrogen-bond donors (Lipinski definition) is 4. The molecule has 4 rings (SSSR count). The number of fused-ring (bicyclic) bond motifs is 2. The van der Waals surface area contributed by atoms with Gasteiger partial charge in [-0.3, -0.25) is 13.7 Å². The van der Waals surface area contributed by atoms with E-state index in [1.807, 2.05) is 55.7 Å². The molecule has 15 heteroatoms. The Kier molecular flexibility index (Phi) is 11.2. The lowest BCUT2D eigenvalue weighted by molar-refractivity contribution is -0.438. The minimum atomic E-state index is -4.46. The van der Waals surface area contributed by atoms with Gasteiger partial charge < -0.3 is 5.32 Å². The topological polar surface area (TPSA) is 178 Å². The molecule has 0 fully saturated rings. The van der Waals surface area contributed by atoms with E-state index in [4.69, 9.17) is 11.6 Å². The Hall–Kier alpha value is -2.85. The second-order valence-electron chi connectivity index (χ2n) is 12.9. The second kappa shape index (κ2) is 14.2. The van der Waals surface area contributed by atoms with Crippen LogP contribution in [0, 0.1) is 0 Å². The number of anilines is 1. The Labute approximate surface area is 288 Å². The second-order valence-corrected chi connectivity index (χ2v) is 17.7. The van der Waals surface area contributed by atoms with Crippen LogP contribution < -0.4 is 5.32 Å². The molecule has 0 spiro atoms. The number of rotatable bonds is 14. The maximum Gasteiger partial charge on any atom is 0.294 e. The predicted octanol–water partition coefficient (Wildman–Crippen LogP) is 6.84. The van der Waals surface area contributed by atoms with Gasteiger partial charge in [0.05, 0.1) is 31.7 Å². The van der Waals surface area contributed by atoms with Crippen LogP contribution in [0.4, 0.5) is 11.4 Å². The maximum absolute atomic E-state index is 12.1. The molecule has 48 heavy (non-hydrogen) atoms. The van der Waals surface area contributed by atoms with E-state index < -0.39 is 41.2 Å². The molecule has 2 aromatic rings. The molecule has 2 aliphatic rings. The monoisotopic (exact) mass is 741 g/mol. The molecule has 0 aliphatic carbocycles. The minimum absolute atomic E-state index is 0.161. The first kappa shape index (κ1) is 38.0. The lowest BCUT2D eigenvalue weighted by Crippen LogP contribution is -2.31. The quantitative estimate of drug-likeness (QED) is 0.0694. The normalized spacial score (nSPS) is 20.2. The van der Waals surface area contributed by atoms with Gasteiger partial charge in [-0.15, -0.1) is 0 Å². The Bertz CT molecular complexity index is 2050. The van der Waals surface area contributed by atoms with Gasteiger partial charge in [0.2, 0.25) is 5.69 Å². The first-order valence-electron chi connectivity index (χ1n) is 15.6. The summed E-state index contributed by atoms with van der Waals surface area (Å²) in [5.74, 6) is -0.373. The van der Waals surface area contributed by atoms with Gasteiger partial charge in [-0.05, 0) is 55.7 Å². The molecule has 0 saturated heterocycles. The Balaban J connectivity index is 1.71. The van der Waals surface area contributed by atoms with Crippen molar-refractivity contribution in [1.29, 1.82) is 0 Å². The molecule has 0 aromatic heterocycles. The number of unbranched alkanes of at least 4 members (excludes halogenated alkanes) is 3. The van der Waals surface area contributed by atoms with Crippen LogP contribution in [0.15, 0.2) is 76.2 Å². The summed E-state index contributed by atoms with van der Waals surface area (Å²) in [6, 6.07) is 7.11. The molecule has 4 N–H and O–H groups in total. The van der Waals surface area contributed by atoms with E-state index in [2.05, 4.69) is 12.2 Å². The summed E-state index contributed by atoms with van der Waals surface area (Å²) in [5.41, 5.74) is 3.02. The molecule has 2 aliphatic heterocycles. The van der Waals surface area contributed by atoms with Crippen molar-refractivity contribution in [2.75, 3.05) is 17.6 Å². The third-order valence-electron chi connectivity index (χ3n) is 9.03. The lowest BCUT2D eigenvalue weighted by atomic mass is 9.75. The number of hydrogen-bond acceptors (Lipinski definition) is 7. The van der Waals surface area contributed by atoms with Crippen LogP contribution in [0.2, 0.25) is 5.02 Å². The van der Waals surface area contributed by atoms with E-state index in [0.29, 0.717) is 30.6 Å². The van der Waals surface area contributed by atoms with Crippen molar-refractivity contribution >= 4 is 59.0 Å². The standard InChI is InChI=1S/C33H41ClN2O9S3/c1-5-6-10-17-33(4)25-20-23(47(40,41)42)15-16-28(25)36(18-11-12-19-46(37,38)39)30(33)14-9-7-8-13-29-32(2,3)26-21-24(48(43,44)45)22-27(34)31(26)35-29/h7-9,13-16,20-22H,5-6,10-12,17-19H2,1-4H3,(H3,37,38,39,40,41,42,43,44,45)/p+1. The zero-order valence-corrected chi connectivity index (χ0v) is 30.5. The summed E-state index contributed by atoms with van der Waals surface area (Å²) in [6.45, 7) is 8.34. The van der Waals surface area contributed by atoms with E-state index >= 15 is 0 Å². The number of nitrogens with zero attached hydrogens (tertiary/aromatic N) is 1. The highest BCUT2D eigenvalue weighted by atomic mass is 35.5. The summed E-state index contributed by atoms with van der Waals surface area (Å²) < 4.78 is 101. The fourth-order valence-electron chi connectivity index (χ4n) is 6.38. The van der Waals surface area contributed by atoms with Crippen LogP contribution in [0.3, 0.4) is 0 Å². The van der Waals surface area contributed by atoms with Crippen molar-refractivity contribution < 1.29 is 43.5 Å². The van der Waals surface area contributed by atoms with Crippen LogP contribution in [-0.4, -0.2) is 61.5 Å². The molecule has 2 heterocycles. The summed E-state index contributed by atoms with van der Waals surface area (Å²) in [6.07, 6.45) is 13.4. The Morgan fingerprint density at radius 3 is 2.12 bits per heavy atom. The van der Waals surface area contributed by atoms with Crippen LogP contribution >= 0.6 is 11.6 Å². The molecule has 2 aromatic carbocycles. The molecule has 1 atom stereocenters. The van der Waals surface area contributed by atoms with Gasteiger partial charge in [0.15, 0.2) is 5.71 Å². The van der Waals surface area contributed by atoms with Crippen molar-refractivity contribution in [3.05, 3.63) is 82.6 Å². The third kappa shape index (κ3) is 8.29. The highest BCUT2D eigenvalue weighted by molar-refractivity contribution is 7.86. The van der Waals surface area contributed by atoms with Crippen LogP contribution in [0.5, 0.6) is 0 Å². The smallest absolute Gasteiger partial charge is 0.294 e. The van der Waals surface area contributed by atoms with Gasteiger partial charge in [0.1, 0.15) is 6.54 Å². The van der Waals surface area contributed by atoms with E-state index in [1.54, 1.807) is 6.07 Å². The average molecular weight is 742 g/mol. The number of benzene rings is 2. The minimum Gasteiger partial charge on any atom is -0.357 e. The number of allylic oxidation sites excluding steroid dienone is 6. The number of nitrogens with one attached hydrogen (secondary N) is 1. The van der Waals surface area contributed by atoms with Gasteiger partial charge in [0.25, 0.3) is 30.4 Å². The summed E-state index contributed by atoms with van der Waals surface area (Å²) in [7, 11) is -13.0. The summed E-state index contributed by atoms with van der Waals surface area (Å²) >= 11 is 6.37. The first-order valence-corrected chi connectivity index (χ1v) is 20.4.